The molecule has 4 aliphatic heterocycles. The molecular weight excluding hydrogens is 1140 g/mol. The lowest BCUT2D eigenvalue weighted by Gasteiger charge is -2.45. The van der Waals surface area contributed by atoms with Crippen LogP contribution in [0.25, 0.3) is 0 Å². The second-order valence-corrected chi connectivity index (χ2v) is 21.4. The van der Waals surface area contributed by atoms with E-state index in [2.05, 4.69) is 66.1 Å². The molecule has 1 aromatic heterocycles. The van der Waals surface area contributed by atoms with E-state index in [0.717, 1.165) is 30.2 Å². The standard InChI is InChI=1S/C51H59F2IN10O14/c1-4-6-15-51(54,5-2)30-21-36(67)63(47(30)72)17-14-34(65)55-16-13-35(66)59-31-18-25(7-12-33(31)77-49-43(70)41(68)42(69)44(78-49)48(73)74)22-76-50(75)57-24-64-32-20-28(53)19-29-37(32)39(60-61-46(29)71)38(45-56-23-58-62(45)3)40(64)26-8-10-27(52)11-9-26/h7-12,18-20,23,30,38,40-44,46,49,61,68-71H,4-6,13-17,21-22,24H2,1-3H3,(H,55,65)(H,57,75)(H,59,66)(H,73,74)/t30?,38-,40+,41-,42-,43+,44-,46?,49+,51?/m0/s1. The quantitative estimate of drug-likeness (QED) is 0.0329. The highest BCUT2D eigenvalue weighted by Gasteiger charge is 2.50. The topological polar surface area (TPSA) is 329 Å². The Labute approximate surface area is 458 Å². The number of alkyl carbamates (subject to hydrolysis) is 1. The highest BCUT2D eigenvalue weighted by molar-refractivity contribution is 14.1. The van der Waals surface area contributed by atoms with E-state index in [-0.39, 0.29) is 82.5 Å². The van der Waals surface area contributed by atoms with Crippen LogP contribution >= 0.6 is 22.6 Å². The van der Waals surface area contributed by atoms with Crippen molar-refractivity contribution in [3.63, 3.8) is 0 Å². The average molecular weight is 1200 g/mol. The van der Waals surface area contributed by atoms with Crippen molar-refractivity contribution in [1.29, 1.82) is 0 Å². The highest BCUT2D eigenvalue weighted by Crippen LogP contribution is 2.49. The molecule has 78 heavy (non-hydrogen) atoms. The van der Waals surface area contributed by atoms with Crippen LogP contribution in [-0.4, -0.2) is 140 Å². The van der Waals surface area contributed by atoms with E-state index < -0.39 is 96.9 Å². The van der Waals surface area contributed by atoms with Crippen molar-refractivity contribution < 1.29 is 77.3 Å². The normalized spacial score (nSPS) is 24.3. The Hall–Kier alpha value is -6.92. The number of imide groups is 1. The molecule has 27 heteroatoms. The first-order chi connectivity index (χ1) is 37.2. The fraction of sp³-hybridized carbons (Fsp3) is 0.471. The Balaban J connectivity index is 0.963. The number of anilines is 2. The molecule has 4 aromatic rings. The second kappa shape index (κ2) is 24.4. The van der Waals surface area contributed by atoms with Gasteiger partial charge in [0.15, 0.2) is 12.3 Å². The van der Waals surface area contributed by atoms with Gasteiger partial charge in [-0.2, -0.15) is 10.2 Å². The molecule has 2 fully saturated rings. The maximum atomic E-state index is 15.5. The van der Waals surface area contributed by atoms with Gasteiger partial charge in [0.2, 0.25) is 29.9 Å². The van der Waals surface area contributed by atoms with E-state index in [1.165, 1.54) is 59.5 Å². The number of benzene rings is 3. The number of hydrogen-bond acceptors (Lipinski definition) is 18. The van der Waals surface area contributed by atoms with Gasteiger partial charge in [0, 0.05) is 53.9 Å². The van der Waals surface area contributed by atoms with Crippen LogP contribution < -0.4 is 31.0 Å². The van der Waals surface area contributed by atoms with Crippen LogP contribution in [0.2, 0.25) is 0 Å². The zero-order chi connectivity index (χ0) is 56.2. The highest BCUT2D eigenvalue weighted by atomic mass is 127. The van der Waals surface area contributed by atoms with Gasteiger partial charge in [-0.05, 0) is 60.4 Å². The van der Waals surface area contributed by atoms with Crippen molar-refractivity contribution in [2.45, 2.75) is 118 Å². The predicted octanol–water partition coefficient (Wildman–Crippen LogP) is 2.88. The smallest absolute Gasteiger partial charge is 0.408 e. The number of aliphatic hydroxyl groups excluding tert-OH is 4. The number of alkyl halides is 1. The number of aliphatic carboxylic acids is 1. The molecule has 0 radical (unpaired) electrons. The number of carboxylic acid groups (broad SMARTS) is 1. The maximum absolute atomic E-state index is 15.5. The number of carboxylic acids is 1. The number of hydrazone groups is 1. The molecule has 2 saturated heterocycles. The monoisotopic (exact) mass is 1200 g/mol. The van der Waals surface area contributed by atoms with Crippen LogP contribution in [0.15, 0.2) is 66.0 Å². The van der Waals surface area contributed by atoms with Crippen LogP contribution in [0, 0.1) is 17.6 Å². The largest absolute Gasteiger partial charge is 0.479 e. The third kappa shape index (κ3) is 12.2. The molecule has 0 bridgehead atoms. The van der Waals surface area contributed by atoms with Gasteiger partial charge in [0.25, 0.3) is 0 Å². The van der Waals surface area contributed by atoms with Gasteiger partial charge < -0.3 is 60.6 Å². The van der Waals surface area contributed by atoms with Gasteiger partial charge in [-0.1, -0.05) is 67.5 Å². The molecule has 3 aromatic carbocycles. The van der Waals surface area contributed by atoms with Crippen molar-refractivity contribution in [2.24, 2.45) is 18.1 Å². The molecule has 0 saturated carbocycles. The summed E-state index contributed by atoms with van der Waals surface area (Å²) in [5, 5.41) is 68.6. The molecule has 5 amide bonds. The SMILES string of the molecule is CCCCC(I)(CC)C1CC(=O)N(CCC(=O)NCCC(=O)Nc2cc(COC(=O)NCN3c4cc(F)cc5c4C(=NNC5O)[C@H](c4ncnn4C)[C@H]3c3ccc(F)cc3)ccc2O[C@@H]2O[C@H](C(=O)O)[C@@H](O)[C@H](O)[C@H]2O)C1=O. The molecule has 3 unspecified atom stereocenters. The van der Waals surface area contributed by atoms with Gasteiger partial charge in [0.1, 0.15) is 54.5 Å². The van der Waals surface area contributed by atoms with E-state index in [4.69, 9.17) is 14.2 Å². The minimum Gasteiger partial charge on any atom is -0.479 e. The number of amides is 5. The van der Waals surface area contributed by atoms with Crippen LogP contribution in [-0.2, 0) is 47.1 Å². The van der Waals surface area contributed by atoms with Crippen molar-refractivity contribution >= 4 is 75.4 Å². The van der Waals surface area contributed by atoms with E-state index >= 15 is 4.39 Å². The van der Waals surface area contributed by atoms with E-state index in [9.17, 15) is 58.7 Å². The number of nitrogens with one attached hydrogen (secondary N) is 4. The number of rotatable bonds is 21. The Kier molecular flexibility index (Phi) is 17.9. The molecule has 8 rings (SSSR count). The molecule has 0 spiro atoms. The molecule has 9 N–H and O–H groups in total. The third-order valence-corrected chi connectivity index (χ3v) is 16.3. The number of aryl methyl sites for hydroxylation is 1. The molecule has 5 heterocycles. The summed E-state index contributed by atoms with van der Waals surface area (Å²) >= 11 is 2.29. The summed E-state index contributed by atoms with van der Waals surface area (Å²) in [4.78, 5) is 85.4. The first-order valence-electron chi connectivity index (χ1n) is 25.2. The third-order valence-electron chi connectivity index (χ3n) is 14.2. The number of carbonyl (C=O) groups is 6. The second-order valence-electron chi connectivity index (χ2n) is 19.2. The van der Waals surface area contributed by atoms with E-state index in [0.29, 0.717) is 29.1 Å². The minimum atomic E-state index is -2.03. The summed E-state index contributed by atoms with van der Waals surface area (Å²) in [5.41, 5.74) is 4.34. The Morgan fingerprint density at radius 1 is 0.949 bits per heavy atom. The van der Waals surface area contributed by atoms with Crippen LogP contribution in [0.3, 0.4) is 0 Å². The summed E-state index contributed by atoms with van der Waals surface area (Å²) < 4.78 is 47.7. The fourth-order valence-corrected chi connectivity index (χ4v) is 10.9. The summed E-state index contributed by atoms with van der Waals surface area (Å²) in [7, 11) is 1.66. The number of aromatic nitrogens is 3. The van der Waals surface area contributed by atoms with Gasteiger partial charge in [0.05, 0.1) is 41.6 Å². The summed E-state index contributed by atoms with van der Waals surface area (Å²) in [6, 6.07) is 11.0. The Bertz CT molecular complexity index is 2950. The van der Waals surface area contributed by atoms with Crippen molar-refractivity contribution in [2.75, 3.05) is 30.0 Å². The van der Waals surface area contributed by atoms with Crippen LogP contribution in [0.5, 0.6) is 5.75 Å². The molecule has 10 atom stereocenters. The molecule has 24 nitrogen and oxygen atoms in total. The van der Waals surface area contributed by atoms with Gasteiger partial charge in [-0.25, -0.2) is 23.4 Å². The number of ether oxygens (including phenoxy) is 3. The molecular formula is C51H59F2IN10O14. The average Bonchev–Trinajstić information content (AvgIpc) is 4.06. The van der Waals surface area contributed by atoms with E-state index in [1.54, 1.807) is 11.9 Å². The van der Waals surface area contributed by atoms with Crippen molar-refractivity contribution in [3.8, 4) is 5.75 Å². The van der Waals surface area contributed by atoms with Crippen LogP contribution in [0.4, 0.5) is 25.0 Å². The lowest BCUT2D eigenvalue weighted by molar-refractivity contribution is -0.271. The zero-order valence-corrected chi connectivity index (χ0v) is 44.6. The van der Waals surface area contributed by atoms with Gasteiger partial charge >= 0.3 is 12.1 Å². The number of hydrogen-bond donors (Lipinski definition) is 9. The number of likely N-dealkylation sites (tertiary alicyclic amines) is 1. The Morgan fingerprint density at radius 2 is 1.71 bits per heavy atom. The molecule has 0 aliphatic carbocycles. The summed E-state index contributed by atoms with van der Waals surface area (Å²) in [6.07, 6.45) is -8.18. The maximum Gasteiger partial charge on any atom is 0.408 e. The minimum absolute atomic E-state index is 0.0648. The summed E-state index contributed by atoms with van der Waals surface area (Å²) in [6.45, 7) is 2.87. The lowest BCUT2D eigenvalue weighted by atomic mass is 9.77. The van der Waals surface area contributed by atoms with E-state index in [1.807, 2.05) is 6.92 Å². The lowest BCUT2D eigenvalue weighted by Crippen LogP contribution is -2.61. The number of halogens is 3. The van der Waals surface area contributed by atoms with Crippen molar-refractivity contribution in [1.82, 2.24) is 35.7 Å². The van der Waals surface area contributed by atoms with Gasteiger partial charge in [-0.3, -0.25) is 34.2 Å². The number of unbranched alkanes of at least 4 members (excludes halogenated alkanes) is 1. The molecule has 418 valence electrons. The predicted molar refractivity (Wildman–Crippen MR) is 278 cm³/mol. The van der Waals surface area contributed by atoms with Gasteiger partial charge in [-0.15, -0.1) is 0 Å². The first-order valence-corrected chi connectivity index (χ1v) is 26.2. The number of carbonyl (C=O) groups excluding carboxylic acids is 5. The number of aliphatic hydroxyl groups is 4. The van der Waals surface area contributed by atoms with Crippen molar-refractivity contribution in [3.05, 3.63) is 101 Å². The fourth-order valence-electron chi connectivity index (χ4n) is 10.1. The van der Waals surface area contributed by atoms with Crippen LogP contribution in [0.1, 0.15) is 105 Å². The zero-order valence-electron chi connectivity index (χ0n) is 42.5. The molecule has 4 aliphatic rings. The Morgan fingerprint density at radius 3 is 2.40 bits per heavy atom. The first kappa shape index (κ1) is 57.3. The number of nitrogens with zero attached hydrogens (tertiary/aromatic N) is 6. The summed E-state index contributed by atoms with van der Waals surface area (Å²) in [5.74, 6) is -5.95.